The van der Waals surface area contributed by atoms with Crippen molar-refractivity contribution in [2.75, 3.05) is 18.4 Å². The Labute approximate surface area is 128 Å². The lowest BCUT2D eigenvalue weighted by Gasteiger charge is -2.08. The summed E-state index contributed by atoms with van der Waals surface area (Å²) < 4.78 is 0. The molecule has 0 aliphatic heterocycles. The Morgan fingerprint density at radius 2 is 2.00 bits per heavy atom. The van der Waals surface area contributed by atoms with E-state index in [1.54, 1.807) is 17.7 Å². The van der Waals surface area contributed by atoms with Gasteiger partial charge in [-0.3, -0.25) is 0 Å². The van der Waals surface area contributed by atoms with Crippen LogP contribution in [0.2, 0.25) is 0 Å². The number of fused-ring (bicyclic) bond motifs is 1. The normalized spacial score (nSPS) is 11.0. The van der Waals surface area contributed by atoms with Crippen LogP contribution < -0.4 is 11.1 Å². The summed E-state index contributed by atoms with van der Waals surface area (Å²) in [5, 5.41) is 6.62. The molecule has 3 N–H and O–H groups in total. The molecule has 0 saturated heterocycles. The van der Waals surface area contributed by atoms with E-state index in [1.165, 1.54) is 16.7 Å². The van der Waals surface area contributed by atoms with Crippen molar-refractivity contribution in [2.45, 2.75) is 13.3 Å². The highest BCUT2D eigenvalue weighted by Gasteiger charge is 2.12. The highest BCUT2D eigenvalue weighted by molar-refractivity contribution is 7.17. The molecule has 0 saturated carbocycles. The van der Waals surface area contributed by atoms with Gasteiger partial charge in [-0.15, -0.1) is 11.3 Å². The van der Waals surface area contributed by atoms with Gasteiger partial charge >= 0.3 is 0 Å². The molecule has 2 heterocycles. The number of rotatable bonds is 5. The number of hydrogen-bond acceptors (Lipinski definition) is 5. The van der Waals surface area contributed by atoms with Crippen LogP contribution in [0.1, 0.15) is 12.0 Å². The van der Waals surface area contributed by atoms with Gasteiger partial charge in [-0.25, -0.2) is 9.97 Å². The fourth-order valence-corrected chi connectivity index (χ4v) is 3.18. The Morgan fingerprint density at radius 1 is 1.19 bits per heavy atom. The van der Waals surface area contributed by atoms with Crippen LogP contribution in [0.4, 0.5) is 5.82 Å². The molecule has 21 heavy (non-hydrogen) atoms. The van der Waals surface area contributed by atoms with Crippen LogP contribution in [0.25, 0.3) is 21.3 Å². The lowest BCUT2D eigenvalue weighted by molar-refractivity contribution is 0.871. The Bertz CT molecular complexity index is 734. The standard InChI is InChI=1S/C16H18N4S/c1-11-3-5-12(6-4-11)13-9-21-16-14(13)15(19-10-20-16)18-8-2-7-17/h3-6,9-10H,2,7-8,17H2,1H3,(H,18,19,20). The molecule has 0 radical (unpaired) electrons. The Balaban J connectivity index is 2.04. The Morgan fingerprint density at radius 3 is 2.76 bits per heavy atom. The highest BCUT2D eigenvalue weighted by Crippen LogP contribution is 2.36. The summed E-state index contributed by atoms with van der Waals surface area (Å²) in [6, 6.07) is 8.55. The van der Waals surface area contributed by atoms with E-state index in [2.05, 4.69) is 51.9 Å². The second-order valence-corrected chi connectivity index (χ2v) is 5.84. The van der Waals surface area contributed by atoms with Gasteiger partial charge in [-0.2, -0.15) is 0 Å². The second kappa shape index (κ2) is 6.20. The number of aromatic nitrogens is 2. The molecule has 4 nitrogen and oxygen atoms in total. The zero-order chi connectivity index (χ0) is 14.7. The third-order valence-corrected chi connectivity index (χ3v) is 4.29. The molecular weight excluding hydrogens is 280 g/mol. The van der Waals surface area contributed by atoms with Crippen molar-refractivity contribution in [2.24, 2.45) is 5.73 Å². The number of nitrogens with zero attached hydrogens (tertiary/aromatic N) is 2. The van der Waals surface area contributed by atoms with Gasteiger partial charge in [0.05, 0.1) is 5.39 Å². The maximum Gasteiger partial charge on any atom is 0.138 e. The van der Waals surface area contributed by atoms with E-state index in [0.717, 1.165) is 29.0 Å². The number of nitrogens with two attached hydrogens (primary N) is 1. The summed E-state index contributed by atoms with van der Waals surface area (Å²) >= 11 is 1.65. The van der Waals surface area contributed by atoms with Gasteiger partial charge in [-0.1, -0.05) is 29.8 Å². The fraction of sp³-hybridized carbons (Fsp3) is 0.250. The first-order valence-electron chi connectivity index (χ1n) is 7.03. The van der Waals surface area contributed by atoms with Crippen LogP contribution in [0.3, 0.4) is 0 Å². The summed E-state index contributed by atoms with van der Waals surface area (Å²) in [6.07, 6.45) is 2.54. The minimum absolute atomic E-state index is 0.676. The first kappa shape index (κ1) is 14.0. The number of hydrogen-bond donors (Lipinski definition) is 2. The van der Waals surface area contributed by atoms with Crippen LogP contribution >= 0.6 is 11.3 Å². The molecule has 0 bridgehead atoms. The largest absolute Gasteiger partial charge is 0.369 e. The summed E-state index contributed by atoms with van der Waals surface area (Å²) in [7, 11) is 0. The van der Waals surface area contributed by atoms with Gasteiger partial charge in [0.25, 0.3) is 0 Å². The fourth-order valence-electron chi connectivity index (χ4n) is 2.26. The lowest BCUT2D eigenvalue weighted by atomic mass is 10.0. The molecule has 1 aromatic carbocycles. The van der Waals surface area contributed by atoms with Crippen LogP contribution in [-0.4, -0.2) is 23.1 Å². The van der Waals surface area contributed by atoms with Crippen molar-refractivity contribution in [3.63, 3.8) is 0 Å². The molecule has 0 aliphatic carbocycles. The van der Waals surface area contributed by atoms with E-state index in [-0.39, 0.29) is 0 Å². The molecule has 108 valence electrons. The van der Waals surface area contributed by atoms with Gasteiger partial charge in [0.1, 0.15) is 17.0 Å². The molecule has 0 atom stereocenters. The predicted molar refractivity (Wildman–Crippen MR) is 89.7 cm³/mol. The molecule has 2 aromatic heterocycles. The third kappa shape index (κ3) is 2.89. The predicted octanol–water partition coefficient (Wildman–Crippen LogP) is 3.43. The molecule has 0 spiro atoms. The zero-order valence-electron chi connectivity index (χ0n) is 12.0. The third-order valence-electron chi connectivity index (χ3n) is 3.41. The monoisotopic (exact) mass is 298 g/mol. The SMILES string of the molecule is Cc1ccc(-c2csc3ncnc(NCCCN)c23)cc1. The van der Waals surface area contributed by atoms with Crippen molar-refractivity contribution in [1.29, 1.82) is 0 Å². The quantitative estimate of drug-likeness (QED) is 0.708. The van der Waals surface area contributed by atoms with Crippen molar-refractivity contribution in [1.82, 2.24) is 9.97 Å². The number of thiophene rings is 1. The topological polar surface area (TPSA) is 63.8 Å². The van der Waals surface area contributed by atoms with Gasteiger partial charge in [0.2, 0.25) is 0 Å². The molecular formula is C16H18N4S. The summed E-state index contributed by atoms with van der Waals surface area (Å²) in [5.41, 5.74) is 9.19. The Hall–Kier alpha value is -1.98. The average molecular weight is 298 g/mol. The van der Waals surface area contributed by atoms with Crippen LogP contribution in [-0.2, 0) is 0 Å². The number of benzene rings is 1. The summed E-state index contributed by atoms with van der Waals surface area (Å²) in [5.74, 6) is 0.894. The van der Waals surface area contributed by atoms with Gasteiger partial charge < -0.3 is 11.1 Å². The van der Waals surface area contributed by atoms with Crippen LogP contribution in [0, 0.1) is 6.92 Å². The first-order chi connectivity index (χ1) is 10.3. The number of aryl methyl sites for hydroxylation is 1. The van der Waals surface area contributed by atoms with Gasteiger partial charge in [-0.05, 0) is 25.5 Å². The maximum absolute atomic E-state index is 5.55. The molecule has 0 fully saturated rings. The van der Waals surface area contributed by atoms with Crippen molar-refractivity contribution in [3.05, 3.63) is 41.5 Å². The molecule has 5 heteroatoms. The zero-order valence-corrected chi connectivity index (χ0v) is 12.8. The number of nitrogens with one attached hydrogen (secondary N) is 1. The summed E-state index contributed by atoms with van der Waals surface area (Å²) in [6.45, 7) is 3.60. The smallest absolute Gasteiger partial charge is 0.138 e. The van der Waals surface area contributed by atoms with Crippen LogP contribution in [0.15, 0.2) is 36.0 Å². The lowest BCUT2D eigenvalue weighted by Crippen LogP contribution is -2.09. The maximum atomic E-state index is 5.55. The van der Waals surface area contributed by atoms with E-state index < -0.39 is 0 Å². The van der Waals surface area contributed by atoms with Crippen molar-refractivity contribution >= 4 is 27.4 Å². The van der Waals surface area contributed by atoms with E-state index in [0.29, 0.717) is 6.54 Å². The minimum Gasteiger partial charge on any atom is -0.369 e. The minimum atomic E-state index is 0.676. The van der Waals surface area contributed by atoms with Crippen molar-refractivity contribution < 1.29 is 0 Å². The second-order valence-electron chi connectivity index (χ2n) is 4.99. The summed E-state index contributed by atoms with van der Waals surface area (Å²) in [4.78, 5) is 9.78. The molecule has 0 amide bonds. The molecule has 0 unspecified atom stereocenters. The number of anilines is 1. The molecule has 3 aromatic rings. The van der Waals surface area contributed by atoms with Gasteiger partial charge in [0, 0.05) is 17.5 Å². The first-order valence-corrected chi connectivity index (χ1v) is 7.90. The Kier molecular flexibility index (Phi) is 4.13. The van der Waals surface area contributed by atoms with Crippen LogP contribution in [0.5, 0.6) is 0 Å². The average Bonchev–Trinajstić information content (AvgIpc) is 2.93. The van der Waals surface area contributed by atoms with E-state index in [4.69, 9.17) is 5.73 Å². The van der Waals surface area contributed by atoms with E-state index in [9.17, 15) is 0 Å². The van der Waals surface area contributed by atoms with E-state index >= 15 is 0 Å². The van der Waals surface area contributed by atoms with E-state index in [1.807, 2.05) is 0 Å². The van der Waals surface area contributed by atoms with Crippen molar-refractivity contribution in [3.8, 4) is 11.1 Å². The van der Waals surface area contributed by atoms with Gasteiger partial charge in [0.15, 0.2) is 0 Å². The highest BCUT2D eigenvalue weighted by atomic mass is 32.1. The molecule has 3 rings (SSSR count). The molecule has 0 aliphatic rings.